The summed E-state index contributed by atoms with van der Waals surface area (Å²) in [5.41, 5.74) is 1.69. The van der Waals surface area contributed by atoms with Crippen LogP contribution >= 0.6 is 0 Å². The van der Waals surface area contributed by atoms with Gasteiger partial charge in [0, 0.05) is 12.2 Å². The smallest absolute Gasteiger partial charge is 0.340 e. The minimum Gasteiger partial charge on any atom is -0.454 e. The van der Waals surface area contributed by atoms with Crippen LogP contribution in [0, 0.1) is 0 Å². The Morgan fingerprint density at radius 1 is 1.18 bits per heavy atom. The molecule has 0 fully saturated rings. The lowest BCUT2D eigenvalue weighted by molar-refractivity contribution is -0.124. The Morgan fingerprint density at radius 3 is 2.79 bits per heavy atom. The highest BCUT2D eigenvalue weighted by molar-refractivity contribution is 5.96. The molecule has 0 bridgehead atoms. The molecule has 1 heterocycles. The third kappa shape index (κ3) is 4.72. The van der Waals surface area contributed by atoms with Crippen molar-refractivity contribution < 1.29 is 28.9 Å². The Kier molecular flexibility index (Phi) is 6.33. The lowest BCUT2D eigenvalue weighted by Crippen LogP contribution is -2.31. The first-order valence-electron chi connectivity index (χ1n) is 8.88. The number of hydrogen-bond acceptors (Lipinski definition) is 7. The van der Waals surface area contributed by atoms with Gasteiger partial charge >= 0.3 is 5.97 Å². The molecule has 0 saturated heterocycles. The summed E-state index contributed by atoms with van der Waals surface area (Å²) in [6.45, 7) is 1.85. The van der Waals surface area contributed by atoms with Crippen LogP contribution in [0.4, 0.5) is 5.69 Å². The summed E-state index contributed by atoms with van der Waals surface area (Å²) in [5, 5.41) is 14.6. The minimum absolute atomic E-state index is 0.0659. The number of rotatable bonds is 8. The Morgan fingerprint density at radius 2 is 1.96 bits per heavy atom. The van der Waals surface area contributed by atoms with Crippen LogP contribution in [-0.2, 0) is 9.53 Å². The molecule has 1 aliphatic rings. The van der Waals surface area contributed by atoms with Gasteiger partial charge in [-0.15, -0.1) is 0 Å². The molecule has 8 heteroatoms. The molecule has 3 rings (SSSR count). The van der Waals surface area contributed by atoms with Gasteiger partial charge in [0.2, 0.25) is 6.79 Å². The number of fused-ring (bicyclic) bond motifs is 1. The molecule has 0 aliphatic carbocycles. The second-order valence-corrected chi connectivity index (χ2v) is 6.17. The number of nitrogens with one attached hydrogen (secondary N) is 2. The third-order valence-electron chi connectivity index (χ3n) is 4.18. The number of anilines is 1. The van der Waals surface area contributed by atoms with E-state index in [1.54, 1.807) is 30.3 Å². The summed E-state index contributed by atoms with van der Waals surface area (Å²) in [7, 11) is 0. The van der Waals surface area contributed by atoms with Crippen molar-refractivity contribution in [2.45, 2.75) is 13.0 Å². The van der Waals surface area contributed by atoms with Crippen molar-refractivity contribution >= 4 is 17.6 Å². The first-order chi connectivity index (χ1) is 13.6. The molecule has 0 aromatic heterocycles. The van der Waals surface area contributed by atoms with E-state index in [0.717, 1.165) is 5.56 Å². The number of carbonyl (C=O) groups is 2. The number of carbonyl (C=O) groups excluding carboxylic acids is 2. The predicted molar refractivity (Wildman–Crippen MR) is 101 cm³/mol. The number of esters is 1. The van der Waals surface area contributed by atoms with Gasteiger partial charge in [0.25, 0.3) is 5.91 Å². The maximum atomic E-state index is 12.3. The standard InChI is InChI=1S/C20H22N2O6/c1-13(14-6-7-17-18(10-14)28-12-27-17)22-19(24)11-26-20(25)15-4-2-3-5-16(15)21-8-9-23/h2-7,10,13,21,23H,8-9,11-12H2,1H3,(H,22,24). The maximum absolute atomic E-state index is 12.3. The third-order valence-corrected chi connectivity index (χ3v) is 4.18. The van der Waals surface area contributed by atoms with E-state index in [-0.39, 0.29) is 19.4 Å². The topological polar surface area (TPSA) is 106 Å². The van der Waals surface area contributed by atoms with Gasteiger partial charge in [0.1, 0.15) is 0 Å². The number of aliphatic hydroxyl groups is 1. The number of para-hydroxylation sites is 1. The first kappa shape index (κ1) is 19.5. The molecular formula is C20H22N2O6. The predicted octanol–water partition coefficient (Wildman–Crippen LogP) is 1.85. The van der Waals surface area contributed by atoms with Crippen LogP contribution < -0.4 is 20.1 Å². The molecule has 1 amide bonds. The van der Waals surface area contributed by atoms with Crippen molar-refractivity contribution in [1.82, 2.24) is 5.32 Å². The fourth-order valence-corrected chi connectivity index (χ4v) is 2.76. The monoisotopic (exact) mass is 386 g/mol. The van der Waals surface area contributed by atoms with E-state index in [4.69, 9.17) is 19.3 Å². The molecule has 0 spiro atoms. The van der Waals surface area contributed by atoms with E-state index in [1.807, 2.05) is 19.1 Å². The lowest BCUT2D eigenvalue weighted by atomic mass is 10.1. The van der Waals surface area contributed by atoms with Gasteiger partial charge in [0.15, 0.2) is 18.1 Å². The van der Waals surface area contributed by atoms with E-state index in [9.17, 15) is 9.59 Å². The summed E-state index contributed by atoms with van der Waals surface area (Å²) in [4.78, 5) is 24.4. The van der Waals surface area contributed by atoms with Crippen molar-refractivity contribution in [2.24, 2.45) is 0 Å². The zero-order chi connectivity index (χ0) is 19.9. The van der Waals surface area contributed by atoms with Crippen LogP contribution in [0.15, 0.2) is 42.5 Å². The number of ether oxygens (including phenoxy) is 3. The van der Waals surface area contributed by atoms with Crippen LogP contribution in [0.1, 0.15) is 28.9 Å². The molecule has 2 aromatic carbocycles. The van der Waals surface area contributed by atoms with Crippen molar-refractivity contribution in [3.63, 3.8) is 0 Å². The molecule has 2 aromatic rings. The first-order valence-corrected chi connectivity index (χ1v) is 8.88. The van der Waals surface area contributed by atoms with Crippen LogP contribution in [-0.4, -0.2) is 43.5 Å². The largest absolute Gasteiger partial charge is 0.454 e. The van der Waals surface area contributed by atoms with E-state index < -0.39 is 18.5 Å². The van der Waals surface area contributed by atoms with Gasteiger partial charge in [-0.3, -0.25) is 4.79 Å². The number of hydrogen-bond donors (Lipinski definition) is 3. The van der Waals surface area contributed by atoms with Crippen molar-refractivity contribution in [1.29, 1.82) is 0 Å². The van der Waals surface area contributed by atoms with Crippen molar-refractivity contribution in [2.75, 3.05) is 31.9 Å². The highest BCUT2D eigenvalue weighted by Gasteiger charge is 2.18. The fourth-order valence-electron chi connectivity index (χ4n) is 2.76. The van der Waals surface area contributed by atoms with Crippen LogP contribution in [0.3, 0.4) is 0 Å². The quantitative estimate of drug-likeness (QED) is 0.595. The Balaban J connectivity index is 1.53. The van der Waals surface area contributed by atoms with Crippen molar-refractivity contribution in [3.05, 3.63) is 53.6 Å². The summed E-state index contributed by atoms with van der Waals surface area (Å²) in [6, 6.07) is 11.9. The van der Waals surface area contributed by atoms with E-state index >= 15 is 0 Å². The van der Waals surface area contributed by atoms with Gasteiger partial charge in [-0.1, -0.05) is 18.2 Å². The molecule has 0 saturated carbocycles. The molecule has 0 radical (unpaired) electrons. The van der Waals surface area contributed by atoms with E-state index in [1.165, 1.54) is 0 Å². The SMILES string of the molecule is CC(NC(=O)COC(=O)c1ccccc1NCCO)c1ccc2c(c1)OCO2. The van der Waals surface area contributed by atoms with Gasteiger partial charge in [-0.05, 0) is 36.8 Å². The zero-order valence-corrected chi connectivity index (χ0v) is 15.4. The summed E-state index contributed by atoms with van der Waals surface area (Å²) < 4.78 is 15.7. The van der Waals surface area contributed by atoms with Crippen molar-refractivity contribution in [3.8, 4) is 11.5 Å². The molecule has 1 aliphatic heterocycles. The molecular weight excluding hydrogens is 364 g/mol. The highest BCUT2D eigenvalue weighted by atomic mass is 16.7. The van der Waals surface area contributed by atoms with E-state index in [2.05, 4.69) is 10.6 Å². The average Bonchev–Trinajstić information content (AvgIpc) is 3.18. The van der Waals surface area contributed by atoms with Gasteiger partial charge in [0.05, 0.1) is 18.2 Å². The second-order valence-electron chi connectivity index (χ2n) is 6.17. The number of amides is 1. The fraction of sp³-hybridized carbons (Fsp3) is 0.300. The summed E-state index contributed by atoms with van der Waals surface area (Å²) in [6.07, 6.45) is 0. The van der Waals surface area contributed by atoms with Gasteiger partial charge in [-0.2, -0.15) is 0 Å². The summed E-state index contributed by atoms with van der Waals surface area (Å²) in [5.74, 6) is 0.271. The molecule has 28 heavy (non-hydrogen) atoms. The number of benzene rings is 2. The molecule has 148 valence electrons. The molecule has 3 N–H and O–H groups in total. The molecule has 1 unspecified atom stereocenters. The Labute approximate surface area is 162 Å². The molecule has 8 nitrogen and oxygen atoms in total. The Hall–Kier alpha value is -3.26. The average molecular weight is 386 g/mol. The van der Waals surface area contributed by atoms with Crippen LogP contribution in [0.2, 0.25) is 0 Å². The van der Waals surface area contributed by atoms with E-state index in [0.29, 0.717) is 29.3 Å². The lowest BCUT2D eigenvalue weighted by Gasteiger charge is -2.15. The highest BCUT2D eigenvalue weighted by Crippen LogP contribution is 2.34. The van der Waals surface area contributed by atoms with Crippen LogP contribution in [0.25, 0.3) is 0 Å². The normalized spacial score (nSPS) is 12.9. The van der Waals surface area contributed by atoms with Gasteiger partial charge in [-0.25, -0.2) is 4.79 Å². The Bertz CT molecular complexity index is 854. The minimum atomic E-state index is -0.619. The van der Waals surface area contributed by atoms with Gasteiger partial charge < -0.3 is 30.0 Å². The maximum Gasteiger partial charge on any atom is 0.340 e. The van der Waals surface area contributed by atoms with Crippen LogP contribution in [0.5, 0.6) is 11.5 Å². The number of aliphatic hydroxyl groups excluding tert-OH is 1. The second kappa shape index (κ2) is 9.09. The zero-order valence-electron chi connectivity index (χ0n) is 15.4. The summed E-state index contributed by atoms with van der Waals surface area (Å²) >= 11 is 0. The molecule has 1 atom stereocenters.